The Bertz CT molecular complexity index is 379. The number of hydrogen-bond acceptors (Lipinski definition) is 3. The minimum Gasteiger partial charge on any atom is -0.389 e. The molecule has 1 aromatic rings. The molecule has 0 radical (unpaired) electrons. The lowest BCUT2D eigenvalue weighted by atomic mass is 9.89. The molecule has 1 atom stereocenters. The third-order valence-corrected chi connectivity index (χ3v) is 3.73. The van der Waals surface area contributed by atoms with Crippen LogP contribution in [-0.4, -0.2) is 33.7 Å². The first-order valence-corrected chi connectivity index (χ1v) is 7.02. The van der Waals surface area contributed by atoms with E-state index < -0.39 is 5.60 Å². The Hall–Kier alpha value is -0.870. The number of aliphatic hydroxyl groups is 1. The average molecular weight is 252 g/mol. The summed E-state index contributed by atoms with van der Waals surface area (Å²) in [6.07, 6.45) is 4.13. The summed E-state index contributed by atoms with van der Waals surface area (Å²) in [5.41, 5.74) is 1.65. The van der Waals surface area contributed by atoms with Crippen molar-refractivity contribution in [1.82, 2.24) is 9.78 Å². The minimum atomic E-state index is -0.617. The Kier molecular flexibility index (Phi) is 4.40. The summed E-state index contributed by atoms with van der Waals surface area (Å²) in [6.45, 7) is 6.51. The van der Waals surface area contributed by atoms with Gasteiger partial charge in [0.15, 0.2) is 0 Å². The lowest BCUT2D eigenvalue weighted by Crippen LogP contribution is -2.32. The van der Waals surface area contributed by atoms with Crippen molar-refractivity contribution in [2.45, 2.75) is 58.1 Å². The third-order valence-electron chi connectivity index (χ3n) is 3.73. The quantitative estimate of drug-likeness (QED) is 0.891. The van der Waals surface area contributed by atoms with Crippen molar-refractivity contribution in [3.8, 4) is 0 Å². The Morgan fingerprint density at radius 1 is 1.39 bits per heavy atom. The van der Waals surface area contributed by atoms with Crippen LogP contribution in [0.2, 0.25) is 0 Å². The molecule has 18 heavy (non-hydrogen) atoms. The number of nitrogens with zero attached hydrogens (tertiary/aromatic N) is 2. The van der Waals surface area contributed by atoms with Gasteiger partial charge in [0.2, 0.25) is 0 Å². The first-order valence-electron chi connectivity index (χ1n) is 7.02. The van der Waals surface area contributed by atoms with E-state index in [1.165, 1.54) is 0 Å². The van der Waals surface area contributed by atoms with Crippen molar-refractivity contribution >= 4 is 0 Å². The highest BCUT2D eigenvalue weighted by Gasteiger charge is 2.30. The molecule has 0 aliphatic carbocycles. The lowest BCUT2D eigenvalue weighted by Gasteiger charge is -2.26. The van der Waals surface area contributed by atoms with Crippen molar-refractivity contribution in [1.29, 1.82) is 0 Å². The maximum Gasteiger partial charge on any atom is 0.0725 e. The second-order valence-corrected chi connectivity index (χ2v) is 5.16. The van der Waals surface area contributed by atoms with Crippen molar-refractivity contribution in [2.24, 2.45) is 0 Å². The molecule has 2 rings (SSSR count). The smallest absolute Gasteiger partial charge is 0.0725 e. The highest BCUT2D eigenvalue weighted by atomic mass is 16.5. The van der Waals surface area contributed by atoms with Crippen molar-refractivity contribution in [3.63, 3.8) is 0 Å². The predicted octanol–water partition coefficient (Wildman–Crippen LogP) is 1.94. The molecule has 0 bridgehead atoms. The van der Waals surface area contributed by atoms with Crippen molar-refractivity contribution in [2.75, 3.05) is 13.2 Å². The molecule has 2 heterocycles. The van der Waals surface area contributed by atoms with E-state index >= 15 is 0 Å². The molecule has 0 aromatic carbocycles. The maximum absolute atomic E-state index is 10.7. The monoisotopic (exact) mass is 252 g/mol. The number of aromatic nitrogens is 2. The van der Waals surface area contributed by atoms with Crippen LogP contribution in [0.3, 0.4) is 0 Å². The van der Waals surface area contributed by atoms with Gasteiger partial charge in [-0.05, 0) is 38.7 Å². The Morgan fingerprint density at radius 2 is 2.22 bits per heavy atom. The molecule has 1 aromatic heterocycles. The summed E-state index contributed by atoms with van der Waals surface area (Å²) in [4.78, 5) is 0. The van der Waals surface area contributed by atoms with Crippen LogP contribution in [0, 0.1) is 0 Å². The van der Waals surface area contributed by atoms with Crippen molar-refractivity contribution < 1.29 is 9.84 Å². The molecular weight excluding hydrogens is 228 g/mol. The van der Waals surface area contributed by atoms with Gasteiger partial charge < -0.3 is 9.84 Å². The summed E-state index contributed by atoms with van der Waals surface area (Å²) in [6, 6.07) is 2.13. The van der Waals surface area contributed by atoms with E-state index in [1.54, 1.807) is 0 Å². The van der Waals surface area contributed by atoms with Crippen LogP contribution in [0.15, 0.2) is 6.07 Å². The predicted molar refractivity (Wildman–Crippen MR) is 70.6 cm³/mol. The van der Waals surface area contributed by atoms with E-state index in [9.17, 15) is 5.11 Å². The van der Waals surface area contributed by atoms with E-state index in [0.717, 1.165) is 50.2 Å². The van der Waals surface area contributed by atoms with Crippen LogP contribution < -0.4 is 0 Å². The standard InChI is InChI=1S/C14H24N2O2/c1-3-12-10-13(16(4-2)15-12)11-14(17)6-5-8-18-9-7-14/h10,17H,3-9,11H2,1-2H3. The van der Waals surface area contributed by atoms with Crippen LogP contribution in [0.1, 0.15) is 44.5 Å². The molecule has 4 heteroatoms. The van der Waals surface area contributed by atoms with E-state index in [4.69, 9.17) is 4.74 Å². The van der Waals surface area contributed by atoms with Gasteiger partial charge in [-0.1, -0.05) is 6.92 Å². The van der Waals surface area contributed by atoms with Gasteiger partial charge in [-0.3, -0.25) is 4.68 Å². The second kappa shape index (κ2) is 5.85. The van der Waals surface area contributed by atoms with E-state index in [-0.39, 0.29) is 0 Å². The highest BCUT2D eigenvalue weighted by Crippen LogP contribution is 2.26. The molecule has 1 saturated heterocycles. The lowest BCUT2D eigenvalue weighted by molar-refractivity contribution is 0.0171. The zero-order valence-electron chi connectivity index (χ0n) is 11.5. The Balaban J connectivity index is 2.13. The van der Waals surface area contributed by atoms with Gasteiger partial charge >= 0.3 is 0 Å². The minimum absolute atomic E-state index is 0.617. The largest absolute Gasteiger partial charge is 0.389 e. The van der Waals surface area contributed by atoms with Crippen LogP contribution in [0.4, 0.5) is 0 Å². The van der Waals surface area contributed by atoms with E-state index in [0.29, 0.717) is 13.0 Å². The number of aryl methyl sites for hydroxylation is 2. The topological polar surface area (TPSA) is 47.3 Å². The van der Waals surface area contributed by atoms with Gasteiger partial charge in [-0.2, -0.15) is 5.10 Å². The number of ether oxygens (including phenoxy) is 1. The van der Waals surface area contributed by atoms with Crippen molar-refractivity contribution in [3.05, 3.63) is 17.5 Å². The molecule has 0 amide bonds. The van der Waals surface area contributed by atoms with Gasteiger partial charge in [-0.25, -0.2) is 0 Å². The fourth-order valence-corrected chi connectivity index (χ4v) is 2.61. The average Bonchev–Trinajstić information content (AvgIpc) is 2.62. The Morgan fingerprint density at radius 3 is 2.94 bits per heavy atom. The summed E-state index contributed by atoms with van der Waals surface area (Å²) in [5, 5.41) is 15.2. The SMILES string of the molecule is CCc1cc(CC2(O)CCCOCC2)n(CC)n1. The number of hydrogen-bond donors (Lipinski definition) is 1. The fraction of sp³-hybridized carbons (Fsp3) is 0.786. The van der Waals surface area contributed by atoms with Gasteiger partial charge in [0, 0.05) is 31.9 Å². The molecule has 0 spiro atoms. The van der Waals surface area contributed by atoms with Gasteiger partial charge in [0.05, 0.1) is 11.3 Å². The van der Waals surface area contributed by atoms with E-state index in [2.05, 4.69) is 25.0 Å². The Labute approximate surface area is 109 Å². The maximum atomic E-state index is 10.7. The summed E-state index contributed by atoms with van der Waals surface area (Å²) >= 11 is 0. The normalized spacial score (nSPS) is 25.1. The van der Waals surface area contributed by atoms with Crippen LogP contribution >= 0.6 is 0 Å². The molecule has 102 valence electrons. The molecule has 1 N–H and O–H groups in total. The number of rotatable bonds is 4. The highest BCUT2D eigenvalue weighted by molar-refractivity contribution is 5.13. The summed E-state index contributed by atoms with van der Waals surface area (Å²) < 4.78 is 7.44. The van der Waals surface area contributed by atoms with Gasteiger partial charge in [0.25, 0.3) is 0 Å². The first-order chi connectivity index (χ1) is 8.67. The van der Waals surface area contributed by atoms with Crippen LogP contribution in [0.25, 0.3) is 0 Å². The first kappa shape index (κ1) is 13.6. The van der Waals surface area contributed by atoms with Gasteiger partial charge in [-0.15, -0.1) is 0 Å². The van der Waals surface area contributed by atoms with E-state index in [1.807, 2.05) is 4.68 Å². The molecule has 0 saturated carbocycles. The van der Waals surface area contributed by atoms with Crippen LogP contribution in [0.5, 0.6) is 0 Å². The molecule has 1 aliphatic heterocycles. The fourth-order valence-electron chi connectivity index (χ4n) is 2.61. The third kappa shape index (κ3) is 3.12. The molecular formula is C14H24N2O2. The van der Waals surface area contributed by atoms with Gasteiger partial charge in [0.1, 0.15) is 0 Å². The molecule has 1 aliphatic rings. The second-order valence-electron chi connectivity index (χ2n) is 5.16. The zero-order valence-corrected chi connectivity index (χ0v) is 11.5. The summed E-state index contributed by atoms with van der Waals surface area (Å²) in [5.74, 6) is 0. The zero-order chi connectivity index (χ0) is 13.0. The molecule has 1 unspecified atom stereocenters. The molecule has 1 fully saturated rings. The molecule has 4 nitrogen and oxygen atoms in total. The summed E-state index contributed by atoms with van der Waals surface area (Å²) in [7, 11) is 0. The van der Waals surface area contributed by atoms with Crippen LogP contribution in [-0.2, 0) is 24.1 Å².